The fourth-order valence-corrected chi connectivity index (χ4v) is 10.5. The van der Waals surface area contributed by atoms with Crippen LogP contribution in [0.2, 0.25) is 0 Å². The van der Waals surface area contributed by atoms with Crippen molar-refractivity contribution in [3.8, 4) is 23.0 Å². The molecule has 4 aliphatic heterocycles. The number of aliphatic hydroxyl groups excluding tert-OH is 2. The number of likely N-dealkylation sites (tertiary alicyclic amines) is 2. The number of hydrogen-bond donors (Lipinski definition) is 6. The van der Waals surface area contributed by atoms with E-state index in [9.17, 15) is 20.4 Å². The van der Waals surface area contributed by atoms with Gasteiger partial charge in [0.2, 0.25) is 0 Å². The maximum atomic E-state index is 10.4. The maximum absolute atomic E-state index is 10.4. The second-order valence-electron chi connectivity index (χ2n) is 14.3. The van der Waals surface area contributed by atoms with Crippen LogP contribution in [0, 0.1) is 11.8 Å². The van der Waals surface area contributed by atoms with Crippen LogP contribution in [-0.2, 0) is 34.1 Å². The number of phenols is 2. The van der Waals surface area contributed by atoms with Gasteiger partial charge in [-0.15, -0.1) is 0 Å². The molecule has 0 amide bonds. The highest BCUT2D eigenvalue weighted by molar-refractivity contribution is 7.79. The normalized spacial score (nSPS) is 35.5. The number of phenolic OH excluding ortho intramolecular Hbond substituents is 2. The Kier molecular flexibility index (Phi) is 12.0. The average Bonchev–Trinajstić information content (AvgIpc) is 3.56. The van der Waals surface area contributed by atoms with Crippen LogP contribution < -0.4 is 9.47 Å². The molecule has 2 aromatic rings. The molecule has 2 aromatic carbocycles. The Morgan fingerprint density at radius 2 is 1.00 bits per heavy atom. The van der Waals surface area contributed by atoms with E-state index in [4.69, 9.17) is 27.0 Å². The summed E-state index contributed by atoms with van der Waals surface area (Å²) in [4.78, 5) is 4.87. The number of aromatic hydroxyl groups is 2. The molecule has 8 aliphatic rings. The van der Waals surface area contributed by atoms with Crippen LogP contribution >= 0.6 is 0 Å². The molecule has 2 fully saturated rings. The summed E-state index contributed by atoms with van der Waals surface area (Å²) in [6, 6.07) is 8.45. The van der Waals surface area contributed by atoms with Gasteiger partial charge in [-0.25, -0.2) is 0 Å². The van der Waals surface area contributed by atoms with Crippen LogP contribution in [0.1, 0.15) is 35.1 Å². The lowest BCUT2D eigenvalue weighted by atomic mass is 9.53. The van der Waals surface area contributed by atoms with Gasteiger partial charge < -0.3 is 67.1 Å². The number of likely N-dealkylation sites (N-methyl/N-ethyl adjacent to an activating group) is 2. The van der Waals surface area contributed by atoms with Crippen LogP contribution in [0.4, 0.5) is 0 Å². The Balaban J connectivity index is 0.000000229. The summed E-state index contributed by atoms with van der Waals surface area (Å²) in [7, 11) is -0.291. The van der Waals surface area contributed by atoms with Crippen LogP contribution in [0.15, 0.2) is 48.6 Å². The first-order valence-corrected chi connectivity index (χ1v) is 17.5. The molecule has 52 heavy (non-hydrogen) atoms. The minimum atomic E-state index is -4.67. The van der Waals surface area contributed by atoms with Gasteiger partial charge in [0.25, 0.3) is 0 Å². The van der Waals surface area contributed by atoms with Gasteiger partial charge in [-0.3, -0.25) is 9.11 Å². The van der Waals surface area contributed by atoms with E-state index in [1.165, 1.54) is 22.3 Å². The molecular formula is C34H50N2O15S. The molecular weight excluding hydrogens is 708 g/mol. The standard InChI is InChI=1S/2C17H19NO3.H2O4S.5H2O/c2*1-18-7-6-17-10-3-5-13(20)16(17)21-15-12(19)4-2-9(14(15)17)8-11(10)18;1-5(2,3)4;;;;;/h2*2-5,10-11,13,16,19-20H,6-8H2,1H3;(H2,1,2,3,4);5*1H2. The highest BCUT2D eigenvalue weighted by Crippen LogP contribution is 2.63. The van der Waals surface area contributed by atoms with Crippen molar-refractivity contribution in [2.24, 2.45) is 11.8 Å². The van der Waals surface area contributed by atoms with Crippen molar-refractivity contribution in [3.05, 3.63) is 70.8 Å². The summed E-state index contributed by atoms with van der Waals surface area (Å²) in [5.74, 6) is 2.38. The highest BCUT2D eigenvalue weighted by Gasteiger charge is 2.65. The summed E-state index contributed by atoms with van der Waals surface area (Å²) in [6.45, 7) is 2.02. The Morgan fingerprint density at radius 3 is 1.35 bits per heavy atom. The first kappa shape index (κ1) is 43.0. The van der Waals surface area contributed by atoms with E-state index < -0.39 is 22.6 Å². The van der Waals surface area contributed by atoms with Crippen molar-refractivity contribution < 1.29 is 74.8 Å². The molecule has 4 aliphatic carbocycles. The molecule has 18 heteroatoms. The van der Waals surface area contributed by atoms with Gasteiger partial charge in [0.1, 0.15) is 24.4 Å². The van der Waals surface area contributed by atoms with E-state index in [-0.39, 0.29) is 61.9 Å². The third-order valence-electron chi connectivity index (χ3n) is 12.3. The van der Waals surface area contributed by atoms with Crippen molar-refractivity contribution >= 4 is 10.4 Å². The largest absolute Gasteiger partial charge is 0.504 e. The Morgan fingerprint density at radius 1 is 0.654 bits per heavy atom. The summed E-state index contributed by atoms with van der Waals surface area (Å²) in [6.07, 6.45) is 10.4. The topological polar surface area (TPSA) is 338 Å². The van der Waals surface area contributed by atoms with Crippen LogP contribution in [-0.4, -0.2) is 139 Å². The number of aliphatic hydroxyl groups is 2. The second-order valence-corrected chi connectivity index (χ2v) is 15.2. The average molecular weight is 759 g/mol. The first-order valence-electron chi connectivity index (χ1n) is 16.1. The monoisotopic (exact) mass is 758 g/mol. The third kappa shape index (κ3) is 5.87. The van der Waals surface area contributed by atoms with Gasteiger partial charge in [0.05, 0.1) is 0 Å². The molecule has 292 valence electrons. The minimum Gasteiger partial charge on any atom is -0.504 e. The summed E-state index contributed by atoms with van der Waals surface area (Å²) in [5.41, 5.74) is 4.58. The van der Waals surface area contributed by atoms with Gasteiger partial charge >= 0.3 is 10.4 Å². The van der Waals surface area contributed by atoms with Crippen LogP contribution in [0.5, 0.6) is 23.0 Å². The molecule has 0 aromatic heterocycles. The van der Waals surface area contributed by atoms with E-state index in [2.05, 4.69) is 36.0 Å². The number of rotatable bonds is 0. The quantitative estimate of drug-likeness (QED) is 0.121. The van der Waals surface area contributed by atoms with E-state index in [0.29, 0.717) is 35.4 Å². The van der Waals surface area contributed by atoms with Crippen molar-refractivity contribution in [1.82, 2.24) is 9.80 Å². The van der Waals surface area contributed by atoms with Gasteiger partial charge in [0, 0.05) is 45.9 Å². The molecule has 2 spiro atoms. The smallest absolute Gasteiger partial charge is 0.394 e. The van der Waals surface area contributed by atoms with Gasteiger partial charge in [0.15, 0.2) is 23.0 Å². The molecule has 0 radical (unpaired) electrons. The number of ether oxygens (including phenoxy) is 2. The third-order valence-corrected chi connectivity index (χ3v) is 12.3. The highest BCUT2D eigenvalue weighted by atomic mass is 32.3. The Labute approximate surface area is 300 Å². The number of hydrogen-bond acceptors (Lipinski definition) is 10. The maximum Gasteiger partial charge on any atom is 0.394 e. The van der Waals surface area contributed by atoms with Gasteiger partial charge in [-0.05, 0) is 76.1 Å². The molecule has 10 rings (SSSR count). The fraction of sp³-hybridized carbons (Fsp3) is 0.529. The van der Waals surface area contributed by atoms with Gasteiger partial charge in [-0.1, -0.05) is 36.4 Å². The minimum absolute atomic E-state index is 0. The number of piperidine rings is 2. The Bertz CT molecular complexity index is 1700. The lowest BCUT2D eigenvalue weighted by Gasteiger charge is -2.56. The zero-order valence-corrected chi connectivity index (χ0v) is 29.4. The number of nitrogens with zero attached hydrogens (tertiary/aromatic N) is 2. The zero-order chi connectivity index (χ0) is 33.2. The fourth-order valence-electron chi connectivity index (χ4n) is 10.5. The van der Waals surface area contributed by atoms with Crippen molar-refractivity contribution in [3.63, 3.8) is 0 Å². The lowest BCUT2D eigenvalue weighted by Crippen LogP contribution is -2.64. The van der Waals surface area contributed by atoms with E-state index in [0.717, 1.165) is 38.8 Å². The molecule has 17 nitrogen and oxygen atoms in total. The van der Waals surface area contributed by atoms with E-state index in [1.807, 2.05) is 24.3 Å². The van der Waals surface area contributed by atoms with Crippen LogP contribution in [0.25, 0.3) is 0 Å². The Hall–Kier alpha value is -3.37. The number of benzene rings is 2. The van der Waals surface area contributed by atoms with E-state index >= 15 is 0 Å². The summed E-state index contributed by atoms with van der Waals surface area (Å²) >= 11 is 0. The molecule has 16 N–H and O–H groups in total. The summed E-state index contributed by atoms with van der Waals surface area (Å²) in [5, 5.41) is 41.3. The molecule has 10 unspecified atom stereocenters. The molecule has 0 saturated carbocycles. The van der Waals surface area contributed by atoms with Crippen molar-refractivity contribution in [2.45, 2.75) is 73.0 Å². The predicted octanol–water partition coefficient (Wildman–Crippen LogP) is -2.38. The molecule has 4 heterocycles. The van der Waals surface area contributed by atoms with Gasteiger partial charge in [-0.2, -0.15) is 8.42 Å². The van der Waals surface area contributed by atoms with Crippen molar-refractivity contribution in [2.75, 3.05) is 27.2 Å². The predicted molar refractivity (Wildman–Crippen MR) is 187 cm³/mol. The molecule has 2 saturated heterocycles. The molecule has 10 atom stereocenters. The first-order chi connectivity index (χ1) is 22.3. The van der Waals surface area contributed by atoms with Crippen LogP contribution in [0.3, 0.4) is 0 Å². The van der Waals surface area contributed by atoms with Crippen molar-refractivity contribution in [1.29, 1.82) is 0 Å². The molecule has 4 bridgehead atoms. The summed E-state index contributed by atoms with van der Waals surface area (Å²) < 4.78 is 43.8. The zero-order valence-electron chi connectivity index (χ0n) is 28.6. The second kappa shape index (κ2) is 14.5. The van der Waals surface area contributed by atoms with E-state index in [1.54, 1.807) is 12.1 Å². The SMILES string of the molecule is CN1CCC23c4c5ccc(O)c4OC2C(O)C=CC3C1C5.CN1CCC23c4c5ccc(O)c4OC2C(O)C=CC3C1C5.O.O.O.O.O.O=S(=O)(O)O. The lowest BCUT2D eigenvalue weighted by molar-refractivity contribution is -0.0453.